The van der Waals surface area contributed by atoms with Gasteiger partial charge in [0.25, 0.3) is 5.91 Å². The third kappa shape index (κ3) is 3.99. The van der Waals surface area contributed by atoms with Gasteiger partial charge >= 0.3 is 0 Å². The number of anilines is 1. The largest absolute Gasteiger partial charge is 0.495 e. The molecule has 2 amide bonds. The predicted molar refractivity (Wildman–Crippen MR) is 116 cm³/mol. The van der Waals surface area contributed by atoms with Gasteiger partial charge < -0.3 is 4.74 Å². The number of nitrogens with zero attached hydrogens (tertiary/aromatic N) is 3. The Bertz CT molecular complexity index is 1170. The first-order valence-electron chi connectivity index (χ1n) is 9.93. The third-order valence-electron chi connectivity index (χ3n) is 5.67. The summed E-state index contributed by atoms with van der Waals surface area (Å²) in [4.78, 5) is 28.3. The van der Waals surface area contributed by atoms with E-state index in [2.05, 4.69) is 0 Å². The van der Waals surface area contributed by atoms with Crippen LogP contribution in [0.4, 0.5) is 10.1 Å². The number of methoxy groups -OCH3 is 1. The lowest BCUT2D eigenvalue weighted by molar-refractivity contribution is -0.123. The summed E-state index contributed by atoms with van der Waals surface area (Å²) >= 11 is 6.05. The number of carbonyl (C=O) groups is 2. The van der Waals surface area contributed by atoms with E-state index in [4.69, 9.17) is 16.3 Å². The maximum atomic E-state index is 14.0. The van der Waals surface area contributed by atoms with Crippen molar-refractivity contribution >= 4 is 39.1 Å². The van der Waals surface area contributed by atoms with Crippen LogP contribution in [0.2, 0.25) is 5.02 Å². The average Bonchev–Trinajstić information content (AvgIpc) is 3.07. The Kier molecular flexibility index (Phi) is 6.22. The van der Waals surface area contributed by atoms with Crippen LogP contribution in [-0.4, -0.2) is 68.8 Å². The van der Waals surface area contributed by atoms with E-state index in [9.17, 15) is 22.4 Å². The highest BCUT2D eigenvalue weighted by Crippen LogP contribution is 2.35. The van der Waals surface area contributed by atoms with Crippen molar-refractivity contribution in [2.45, 2.75) is 17.4 Å². The number of benzene rings is 2. The molecule has 2 aromatic rings. The number of ether oxygens (including phenoxy) is 1. The molecule has 0 radical (unpaired) electrons. The summed E-state index contributed by atoms with van der Waals surface area (Å²) in [5.74, 6) is -1.27. The third-order valence-corrected chi connectivity index (χ3v) is 7.84. The molecule has 2 heterocycles. The van der Waals surface area contributed by atoms with Crippen molar-refractivity contribution in [2.24, 2.45) is 0 Å². The first-order valence-corrected chi connectivity index (χ1v) is 11.7. The highest BCUT2D eigenvalue weighted by molar-refractivity contribution is 7.89. The summed E-state index contributed by atoms with van der Waals surface area (Å²) in [6.07, 6.45) is -0.0332. The second-order valence-corrected chi connectivity index (χ2v) is 9.82. The van der Waals surface area contributed by atoms with Gasteiger partial charge in [0.15, 0.2) is 0 Å². The molecule has 0 aliphatic carbocycles. The molecule has 170 valence electrons. The molecule has 4 rings (SSSR count). The van der Waals surface area contributed by atoms with E-state index in [0.29, 0.717) is 10.8 Å². The van der Waals surface area contributed by atoms with Crippen molar-refractivity contribution in [1.29, 1.82) is 0 Å². The molecule has 32 heavy (non-hydrogen) atoms. The van der Waals surface area contributed by atoms with E-state index in [0.717, 1.165) is 11.0 Å². The number of hydrogen-bond acceptors (Lipinski definition) is 6. The van der Waals surface area contributed by atoms with Crippen molar-refractivity contribution in [3.05, 3.63) is 53.3 Å². The topological polar surface area (TPSA) is 87.2 Å². The number of piperazine rings is 1. The molecular weight excluding hydrogens is 461 g/mol. The van der Waals surface area contributed by atoms with Crippen molar-refractivity contribution in [3.63, 3.8) is 0 Å². The summed E-state index contributed by atoms with van der Waals surface area (Å²) in [5, 5.41) is 0.358. The van der Waals surface area contributed by atoms with Crippen LogP contribution in [0, 0.1) is 5.82 Å². The fourth-order valence-electron chi connectivity index (χ4n) is 4.04. The van der Waals surface area contributed by atoms with Crippen LogP contribution in [-0.2, 0) is 19.6 Å². The van der Waals surface area contributed by atoms with Crippen molar-refractivity contribution < 1.29 is 27.1 Å². The summed E-state index contributed by atoms with van der Waals surface area (Å²) in [6, 6.07) is 9.18. The number of halogens is 2. The first kappa shape index (κ1) is 22.7. The van der Waals surface area contributed by atoms with Gasteiger partial charge in [-0.15, -0.1) is 0 Å². The van der Waals surface area contributed by atoms with E-state index in [1.165, 1.54) is 35.7 Å². The highest BCUT2D eigenvalue weighted by atomic mass is 35.5. The minimum absolute atomic E-state index is 0.0332. The Hall–Kier alpha value is -2.53. The quantitative estimate of drug-likeness (QED) is 0.608. The van der Waals surface area contributed by atoms with E-state index < -0.39 is 27.8 Å². The summed E-state index contributed by atoms with van der Waals surface area (Å²) in [7, 11) is -2.56. The minimum atomic E-state index is -3.99. The van der Waals surface area contributed by atoms with Gasteiger partial charge in [0.1, 0.15) is 16.5 Å². The van der Waals surface area contributed by atoms with Gasteiger partial charge in [-0.05, 0) is 30.3 Å². The van der Waals surface area contributed by atoms with Crippen LogP contribution in [0.15, 0.2) is 47.4 Å². The molecule has 2 aromatic carbocycles. The summed E-state index contributed by atoms with van der Waals surface area (Å²) < 4.78 is 46.1. The molecule has 0 aromatic heterocycles. The van der Waals surface area contributed by atoms with Crippen LogP contribution >= 0.6 is 11.6 Å². The van der Waals surface area contributed by atoms with Crippen LogP contribution in [0.3, 0.4) is 0 Å². The Morgan fingerprint density at radius 3 is 2.41 bits per heavy atom. The number of sulfonamides is 1. The first-order chi connectivity index (χ1) is 15.2. The Morgan fingerprint density at radius 1 is 1.06 bits per heavy atom. The van der Waals surface area contributed by atoms with Gasteiger partial charge in [-0.2, -0.15) is 4.31 Å². The van der Waals surface area contributed by atoms with E-state index >= 15 is 0 Å². The second-order valence-electron chi connectivity index (χ2n) is 7.47. The molecule has 2 aliphatic rings. The SMILES string of the molecule is COc1ccc(Cl)cc1N1C(=O)C[C@@H](N2CCN(S(=O)(=O)c3ccccc3F)CC2)C1=O. The number of carbonyl (C=O) groups excluding carboxylic acids is 2. The normalized spacial score (nSPS) is 20.7. The number of hydrogen-bond donors (Lipinski definition) is 0. The zero-order valence-corrected chi connectivity index (χ0v) is 18.8. The number of amides is 2. The maximum absolute atomic E-state index is 14.0. The molecule has 2 saturated heterocycles. The lowest BCUT2D eigenvalue weighted by Crippen LogP contribution is -2.53. The van der Waals surface area contributed by atoms with E-state index in [1.54, 1.807) is 17.0 Å². The maximum Gasteiger partial charge on any atom is 0.251 e. The number of imide groups is 1. The summed E-state index contributed by atoms with van der Waals surface area (Å²) in [5.41, 5.74) is 0.276. The van der Waals surface area contributed by atoms with Crippen molar-refractivity contribution in [1.82, 2.24) is 9.21 Å². The van der Waals surface area contributed by atoms with Gasteiger partial charge in [-0.3, -0.25) is 14.5 Å². The van der Waals surface area contributed by atoms with E-state index in [-0.39, 0.29) is 49.1 Å². The standard InChI is InChI=1S/C21H21ClFN3O5S/c1-31-18-7-6-14(22)12-16(18)26-20(27)13-17(21(26)28)24-8-10-25(11-9-24)32(29,30)19-5-3-2-4-15(19)23/h2-7,12,17H,8-11,13H2,1H3/t17-/m1/s1. The van der Waals surface area contributed by atoms with Crippen LogP contribution in [0.1, 0.15) is 6.42 Å². The monoisotopic (exact) mass is 481 g/mol. The Balaban J connectivity index is 1.49. The van der Waals surface area contributed by atoms with Crippen molar-refractivity contribution in [2.75, 3.05) is 38.2 Å². The van der Waals surface area contributed by atoms with Gasteiger partial charge in [0, 0.05) is 31.2 Å². The molecule has 1 atom stereocenters. The van der Waals surface area contributed by atoms with Crippen LogP contribution < -0.4 is 9.64 Å². The number of rotatable bonds is 5. The molecule has 0 spiro atoms. The molecule has 0 saturated carbocycles. The van der Waals surface area contributed by atoms with Gasteiger partial charge in [0.2, 0.25) is 15.9 Å². The van der Waals surface area contributed by atoms with Crippen molar-refractivity contribution in [3.8, 4) is 5.75 Å². The molecule has 11 heteroatoms. The van der Waals surface area contributed by atoms with Gasteiger partial charge in [0.05, 0.1) is 25.3 Å². The van der Waals surface area contributed by atoms with Crippen LogP contribution in [0.25, 0.3) is 0 Å². The summed E-state index contributed by atoms with van der Waals surface area (Å²) in [6.45, 7) is 0.625. The average molecular weight is 482 g/mol. The van der Waals surface area contributed by atoms with Crippen LogP contribution in [0.5, 0.6) is 5.75 Å². The fourth-order valence-corrected chi connectivity index (χ4v) is 5.69. The van der Waals surface area contributed by atoms with Gasteiger partial charge in [-0.1, -0.05) is 23.7 Å². The second kappa shape index (κ2) is 8.78. The molecule has 2 fully saturated rings. The molecule has 0 bridgehead atoms. The zero-order chi connectivity index (χ0) is 23.0. The predicted octanol–water partition coefficient (Wildman–Crippen LogP) is 2.13. The lowest BCUT2D eigenvalue weighted by atomic mass is 10.2. The molecule has 8 nitrogen and oxygen atoms in total. The molecule has 0 unspecified atom stereocenters. The minimum Gasteiger partial charge on any atom is -0.495 e. The van der Waals surface area contributed by atoms with E-state index in [1.807, 2.05) is 0 Å². The zero-order valence-electron chi connectivity index (χ0n) is 17.2. The van der Waals surface area contributed by atoms with Gasteiger partial charge in [-0.25, -0.2) is 17.7 Å². The molecular formula is C21H21ClFN3O5S. The lowest BCUT2D eigenvalue weighted by Gasteiger charge is -2.36. The molecule has 2 aliphatic heterocycles. The molecule has 0 N–H and O–H groups in total. The highest BCUT2D eigenvalue weighted by Gasteiger charge is 2.45. The Morgan fingerprint density at radius 2 is 1.75 bits per heavy atom. The Labute approximate surface area is 190 Å². The fraction of sp³-hybridized carbons (Fsp3) is 0.333. The smallest absolute Gasteiger partial charge is 0.251 e.